The molecule has 29 heavy (non-hydrogen) atoms. The lowest BCUT2D eigenvalue weighted by Crippen LogP contribution is -2.21. The molecule has 3 aromatic rings. The second kappa shape index (κ2) is 7.39. The molecule has 0 aliphatic carbocycles. The van der Waals surface area contributed by atoms with Gasteiger partial charge in [-0.1, -0.05) is 23.7 Å². The molecule has 0 fully saturated rings. The second-order valence-corrected chi connectivity index (χ2v) is 6.06. The number of hydrogen-bond acceptors (Lipinski definition) is 3. The largest absolute Gasteiger partial charge is 0.434 e. The predicted molar refractivity (Wildman–Crippen MR) is 90.8 cm³/mol. The molecule has 0 saturated heterocycles. The monoisotopic (exact) mass is 434 g/mol. The zero-order chi connectivity index (χ0) is 21.4. The van der Waals surface area contributed by atoms with Crippen molar-refractivity contribution in [2.24, 2.45) is 0 Å². The van der Waals surface area contributed by atoms with Gasteiger partial charge in [0.2, 0.25) is 0 Å². The molecule has 152 valence electrons. The van der Waals surface area contributed by atoms with Crippen LogP contribution in [0.3, 0.4) is 0 Å². The fourth-order valence-electron chi connectivity index (χ4n) is 2.46. The molecule has 0 radical (unpaired) electrons. The van der Waals surface area contributed by atoms with Crippen molar-refractivity contribution in [1.82, 2.24) is 14.8 Å². The van der Waals surface area contributed by atoms with Crippen LogP contribution < -0.4 is 5.32 Å². The van der Waals surface area contributed by atoms with Gasteiger partial charge in [0.05, 0.1) is 22.5 Å². The number of aromatic nitrogens is 3. The number of carbonyl (C=O) groups is 1. The topological polar surface area (TPSA) is 59.8 Å². The molecule has 0 atom stereocenters. The molecular formula is C17H9ClF6N4O. The first-order valence-electron chi connectivity index (χ1n) is 7.73. The van der Waals surface area contributed by atoms with Crippen LogP contribution in [0.5, 0.6) is 0 Å². The molecule has 3 rings (SSSR count). The van der Waals surface area contributed by atoms with Crippen molar-refractivity contribution in [3.63, 3.8) is 0 Å². The fraction of sp³-hybridized carbons (Fsp3) is 0.118. The number of amides is 1. The van der Waals surface area contributed by atoms with E-state index in [1.165, 1.54) is 24.3 Å². The SMILES string of the molecule is O=C(Nc1ccnc(C(F)(F)F)c1)c1cnn(-c2ccccc2Cl)c1C(F)(F)F. The van der Waals surface area contributed by atoms with Crippen molar-refractivity contribution in [3.8, 4) is 5.69 Å². The molecule has 1 N–H and O–H groups in total. The van der Waals surface area contributed by atoms with E-state index in [9.17, 15) is 31.1 Å². The minimum Gasteiger partial charge on any atom is -0.322 e. The Morgan fingerprint density at radius 1 is 1.03 bits per heavy atom. The van der Waals surface area contributed by atoms with E-state index in [2.05, 4.69) is 10.1 Å². The molecule has 0 unspecified atom stereocenters. The number of carbonyl (C=O) groups excluding carboxylic acids is 1. The molecule has 2 aromatic heterocycles. The first-order valence-corrected chi connectivity index (χ1v) is 8.11. The number of pyridine rings is 1. The number of hydrogen-bond donors (Lipinski definition) is 1. The lowest BCUT2D eigenvalue weighted by molar-refractivity contribution is -0.143. The highest BCUT2D eigenvalue weighted by atomic mass is 35.5. The summed E-state index contributed by atoms with van der Waals surface area (Å²) in [6.45, 7) is 0. The zero-order valence-electron chi connectivity index (χ0n) is 14.0. The van der Waals surface area contributed by atoms with Crippen LogP contribution >= 0.6 is 11.6 Å². The van der Waals surface area contributed by atoms with Crippen LogP contribution in [-0.4, -0.2) is 20.7 Å². The van der Waals surface area contributed by atoms with Crippen molar-refractivity contribution in [1.29, 1.82) is 0 Å². The summed E-state index contributed by atoms with van der Waals surface area (Å²) in [5.74, 6) is -1.30. The molecule has 0 aliphatic heterocycles. The lowest BCUT2D eigenvalue weighted by Gasteiger charge is -2.14. The van der Waals surface area contributed by atoms with E-state index in [-0.39, 0.29) is 16.4 Å². The van der Waals surface area contributed by atoms with Crippen molar-refractivity contribution >= 4 is 23.2 Å². The average Bonchev–Trinajstić information content (AvgIpc) is 3.07. The van der Waals surface area contributed by atoms with Crippen LogP contribution in [0.1, 0.15) is 21.7 Å². The summed E-state index contributed by atoms with van der Waals surface area (Å²) in [5.41, 5.74) is -4.12. The predicted octanol–water partition coefficient (Wildman–Crippen LogP) is 5.21. The number of anilines is 1. The highest BCUT2D eigenvalue weighted by molar-refractivity contribution is 6.32. The van der Waals surface area contributed by atoms with Crippen molar-refractivity contribution in [2.75, 3.05) is 5.32 Å². The second-order valence-electron chi connectivity index (χ2n) is 5.65. The van der Waals surface area contributed by atoms with Gasteiger partial charge in [-0.15, -0.1) is 0 Å². The summed E-state index contributed by atoms with van der Waals surface area (Å²) >= 11 is 5.92. The summed E-state index contributed by atoms with van der Waals surface area (Å²) < 4.78 is 79.5. The number of rotatable bonds is 3. The van der Waals surface area contributed by atoms with Gasteiger partial charge in [-0.05, 0) is 24.3 Å². The minimum atomic E-state index is -5.00. The van der Waals surface area contributed by atoms with Crippen molar-refractivity contribution in [3.05, 3.63) is 70.8 Å². The molecule has 1 amide bonds. The van der Waals surface area contributed by atoms with E-state index in [0.29, 0.717) is 16.9 Å². The van der Waals surface area contributed by atoms with Gasteiger partial charge in [-0.3, -0.25) is 9.78 Å². The van der Waals surface area contributed by atoms with E-state index in [0.717, 1.165) is 12.3 Å². The number of halogens is 7. The van der Waals surface area contributed by atoms with E-state index in [1.54, 1.807) is 0 Å². The maximum atomic E-state index is 13.6. The fourth-order valence-corrected chi connectivity index (χ4v) is 2.67. The van der Waals surface area contributed by atoms with Gasteiger partial charge in [0.1, 0.15) is 5.69 Å². The average molecular weight is 435 g/mol. The standard InChI is InChI=1S/C17H9ClF6N4O/c18-11-3-1-2-4-12(11)28-14(17(22,23)24)10(8-26-28)15(29)27-9-5-6-25-13(7-9)16(19,20)21/h1-8H,(H,25,27,29). The maximum Gasteiger partial charge on any atom is 0.434 e. The van der Waals surface area contributed by atoms with Crippen molar-refractivity contribution in [2.45, 2.75) is 12.4 Å². The molecule has 0 bridgehead atoms. The van der Waals surface area contributed by atoms with E-state index < -0.39 is 35.2 Å². The third-order valence-corrected chi connectivity index (χ3v) is 3.99. The van der Waals surface area contributed by atoms with Crippen LogP contribution in [0.4, 0.5) is 32.0 Å². The van der Waals surface area contributed by atoms with Gasteiger partial charge < -0.3 is 5.32 Å². The molecular weight excluding hydrogens is 426 g/mol. The quantitative estimate of drug-likeness (QED) is 0.576. The third kappa shape index (κ3) is 4.34. The Hall–Kier alpha value is -3.08. The summed E-state index contributed by atoms with van der Waals surface area (Å²) in [4.78, 5) is 15.5. The highest BCUT2D eigenvalue weighted by Crippen LogP contribution is 2.35. The molecule has 0 saturated carbocycles. The van der Waals surface area contributed by atoms with E-state index in [1.807, 2.05) is 5.32 Å². The molecule has 1 aromatic carbocycles. The summed E-state index contributed by atoms with van der Waals surface area (Å²) in [6, 6.07) is 7.05. The summed E-state index contributed by atoms with van der Waals surface area (Å²) in [6.07, 6.45) is -8.35. The normalized spacial score (nSPS) is 12.1. The van der Waals surface area contributed by atoms with Crippen molar-refractivity contribution < 1.29 is 31.1 Å². The van der Waals surface area contributed by atoms with Crippen LogP contribution in [0, 0.1) is 0 Å². The number of nitrogens with zero attached hydrogens (tertiary/aromatic N) is 3. The smallest absolute Gasteiger partial charge is 0.322 e. The molecule has 12 heteroatoms. The Morgan fingerprint density at radius 3 is 2.34 bits per heavy atom. The van der Waals surface area contributed by atoms with Gasteiger partial charge in [-0.25, -0.2) is 4.68 Å². The van der Waals surface area contributed by atoms with E-state index in [4.69, 9.17) is 11.6 Å². The first-order chi connectivity index (χ1) is 13.5. The first kappa shape index (κ1) is 20.6. The van der Waals surface area contributed by atoms with Gasteiger partial charge >= 0.3 is 12.4 Å². The number of benzene rings is 1. The van der Waals surface area contributed by atoms with Crippen LogP contribution in [0.25, 0.3) is 5.69 Å². The number of nitrogens with one attached hydrogen (secondary N) is 1. The third-order valence-electron chi connectivity index (χ3n) is 3.67. The minimum absolute atomic E-state index is 0.0444. The van der Waals surface area contributed by atoms with Crippen LogP contribution in [0.2, 0.25) is 5.02 Å². The van der Waals surface area contributed by atoms with Gasteiger partial charge in [-0.2, -0.15) is 31.4 Å². The Bertz CT molecular complexity index is 1060. The highest BCUT2D eigenvalue weighted by Gasteiger charge is 2.41. The Kier molecular flexibility index (Phi) is 5.26. The Morgan fingerprint density at radius 2 is 1.72 bits per heavy atom. The van der Waals surface area contributed by atoms with Gasteiger partial charge in [0, 0.05) is 11.9 Å². The van der Waals surface area contributed by atoms with E-state index >= 15 is 0 Å². The molecule has 0 spiro atoms. The van der Waals surface area contributed by atoms with Crippen LogP contribution in [0.15, 0.2) is 48.8 Å². The zero-order valence-corrected chi connectivity index (χ0v) is 14.8. The lowest BCUT2D eigenvalue weighted by atomic mass is 10.2. The molecule has 5 nitrogen and oxygen atoms in total. The molecule has 2 heterocycles. The van der Waals surface area contributed by atoms with Gasteiger partial charge in [0.15, 0.2) is 5.69 Å². The van der Waals surface area contributed by atoms with Crippen LogP contribution in [-0.2, 0) is 12.4 Å². The Balaban J connectivity index is 2.01. The number of para-hydroxylation sites is 1. The summed E-state index contributed by atoms with van der Waals surface area (Å²) in [5, 5.41) is 5.55. The Labute approximate surface area is 163 Å². The number of alkyl halides is 6. The van der Waals surface area contributed by atoms with Gasteiger partial charge in [0.25, 0.3) is 5.91 Å². The maximum absolute atomic E-state index is 13.6. The molecule has 0 aliphatic rings. The summed E-state index contributed by atoms with van der Waals surface area (Å²) in [7, 11) is 0.